The minimum absolute atomic E-state index is 0.209. The minimum atomic E-state index is -0.209. The Labute approximate surface area is 168 Å². The first-order valence-electron chi connectivity index (χ1n) is 8.50. The zero-order valence-corrected chi connectivity index (χ0v) is 15.9. The van der Waals surface area contributed by atoms with Crippen LogP contribution in [0, 0.1) is 0 Å². The molecule has 3 aromatic heterocycles. The minimum Gasteiger partial charge on any atom is -0.457 e. The molecule has 5 aromatic rings. The molecule has 136 valence electrons. The highest BCUT2D eigenvalue weighted by atomic mass is 35.5. The van der Waals surface area contributed by atoms with Crippen molar-refractivity contribution in [2.45, 2.75) is 0 Å². The molecule has 0 radical (unpaired) electrons. The van der Waals surface area contributed by atoms with Gasteiger partial charge in [0, 0.05) is 22.2 Å². The smallest absolute Gasteiger partial charge is 0.291 e. The number of thiazole rings is 1. The molecule has 0 aliphatic rings. The van der Waals surface area contributed by atoms with Crippen molar-refractivity contribution >= 4 is 34.0 Å². The van der Waals surface area contributed by atoms with E-state index in [2.05, 4.69) is 10.1 Å². The van der Waals surface area contributed by atoms with Crippen LogP contribution in [0.4, 0.5) is 0 Å². The summed E-state index contributed by atoms with van der Waals surface area (Å²) in [6, 6.07) is 20.7. The quantitative estimate of drug-likeness (QED) is 0.449. The third kappa shape index (κ3) is 3.02. The van der Waals surface area contributed by atoms with Crippen molar-refractivity contribution in [1.82, 2.24) is 14.6 Å². The van der Waals surface area contributed by atoms with Crippen LogP contribution in [0.1, 0.15) is 5.76 Å². The molecule has 0 aliphatic carbocycles. The summed E-state index contributed by atoms with van der Waals surface area (Å²) in [4.78, 5) is 17.7. The first-order chi connectivity index (χ1) is 13.7. The molecule has 0 unspecified atom stereocenters. The lowest BCUT2D eigenvalue weighted by Crippen LogP contribution is -2.23. The van der Waals surface area contributed by atoms with Crippen LogP contribution in [-0.4, -0.2) is 14.6 Å². The van der Waals surface area contributed by atoms with Gasteiger partial charge in [0.1, 0.15) is 16.1 Å². The highest BCUT2D eigenvalue weighted by molar-refractivity contribution is 7.15. The van der Waals surface area contributed by atoms with Crippen molar-refractivity contribution < 1.29 is 4.42 Å². The molecule has 5 nitrogen and oxygen atoms in total. The Bertz CT molecular complexity index is 1390. The van der Waals surface area contributed by atoms with Gasteiger partial charge in [0.2, 0.25) is 4.96 Å². The fraction of sp³-hybridized carbons (Fsp3) is 0. The second-order valence-corrected chi connectivity index (χ2v) is 7.57. The van der Waals surface area contributed by atoms with Gasteiger partial charge < -0.3 is 4.42 Å². The van der Waals surface area contributed by atoms with Gasteiger partial charge >= 0.3 is 0 Å². The lowest BCUT2D eigenvalue weighted by Gasteiger charge is -1.96. The molecule has 3 heterocycles. The zero-order valence-electron chi connectivity index (χ0n) is 14.4. The molecule has 28 heavy (non-hydrogen) atoms. The highest BCUT2D eigenvalue weighted by Gasteiger charge is 2.12. The number of rotatable bonds is 3. The van der Waals surface area contributed by atoms with Crippen LogP contribution in [0.3, 0.4) is 0 Å². The molecule has 5 rings (SSSR count). The molecule has 0 spiro atoms. The zero-order chi connectivity index (χ0) is 19.1. The number of fused-ring (bicyclic) bond motifs is 1. The van der Waals surface area contributed by atoms with E-state index in [-0.39, 0.29) is 5.56 Å². The fourth-order valence-electron chi connectivity index (χ4n) is 2.87. The topological polar surface area (TPSA) is 60.4 Å². The van der Waals surface area contributed by atoms with E-state index in [0.29, 0.717) is 31.9 Å². The summed E-state index contributed by atoms with van der Waals surface area (Å²) in [5, 5.41) is 5.02. The largest absolute Gasteiger partial charge is 0.457 e. The third-order valence-corrected chi connectivity index (χ3v) is 5.45. The van der Waals surface area contributed by atoms with E-state index in [1.165, 1.54) is 15.9 Å². The van der Waals surface area contributed by atoms with E-state index in [0.717, 1.165) is 11.1 Å². The highest BCUT2D eigenvalue weighted by Crippen LogP contribution is 2.24. The van der Waals surface area contributed by atoms with Gasteiger partial charge in [0.05, 0.1) is 0 Å². The van der Waals surface area contributed by atoms with E-state index in [4.69, 9.17) is 16.0 Å². The molecule has 0 amide bonds. The van der Waals surface area contributed by atoms with E-state index >= 15 is 0 Å². The summed E-state index contributed by atoms with van der Waals surface area (Å²) < 4.78 is 7.71. The summed E-state index contributed by atoms with van der Waals surface area (Å²) in [5.74, 6) is 1.84. The van der Waals surface area contributed by atoms with Gasteiger partial charge in [-0.2, -0.15) is 9.50 Å². The second-order valence-electron chi connectivity index (χ2n) is 6.12. The molecule has 0 saturated heterocycles. The van der Waals surface area contributed by atoms with Gasteiger partial charge in [0.25, 0.3) is 5.56 Å². The van der Waals surface area contributed by atoms with Crippen molar-refractivity contribution in [2.75, 3.05) is 0 Å². The average Bonchev–Trinajstić information content (AvgIpc) is 3.41. The average molecular weight is 406 g/mol. The number of nitrogens with zero attached hydrogens (tertiary/aromatic N) is 3. The lowest BCUT2D eigenvalue weighted by atomic mass is 10.2. The molecule has 2 aromatic carbocycles. The number of hydrogen-bond donors (Lipinski definition) is 0. The van der Waals surface area contributed by atoms with Crippen LogP contribution in [0.15, 0.2) is 75.9 Å². The Kier molecular flexibility index (Phi) is 4.07. The normalized spacial score (nSPS) is 12.1. The van der Waals surface area contributed by atoms with Crippen molar-refractivity contribution in [3.8, 4) is 22.7 Å². The van der Waals surface area contributed by atoms with Crippen molar-refractivity contribution in [2.24, 2.45) is 0 Å². The van der Waals surface area contributed by atoms with E-state index < -0.39 is 0 Å². The number of benzene rings is 2. The number of halogens is 1. The Balaban J connectivity index is 1.52. The lowest BCUT2D eigenvalue weighted by molar-refractivity contribution is 0.571. The first-order valence-corrected chi connectivity index (χ1v) is 9.69. The van der Waals surface area contributed by atoms with Crippen LogP contribution >= 0.6 is 22.9 Å². The van der Waals surface area contributed by atoms with E-state index in [9.17, 15) is 4.79 Å². The van der Waals surface area contributed by atoms with E-state index in [1.807, 2.05) is 66.7 Å². The molecule has 0 N–H and O–H groups in total. The van der Waals surface area contributed by atoms with E-state index in [1.54, 1.807) is 6.08 Å². The number of furan rings is 1. The van der Waals surface area contributed by atoms with Crippen LogP contribution in [0.25, 0.3) is 33.7 Å². The summed E-state index contributed by atoms with van der Waals surface area (Å²) in [6.07, 6.45) is 1.71. The van der Waals surface area contributed by atoms with Crippen LogP contribution in [0.2, 0.25) is 5.02 Å². The number of aromatic nitrogens is 3. The maximum absolute atomic E-state index is 12.7. The van der Waals surface area contributed by atoms with Crippen LogP contribution in [-0.2, 0) is 0 Å². The maximum Gasteiger partial charge on any atom is 0.291 e. The third-order valence-electron chi connectivity index (χ3n) is 4.24. The van der Waals surface area contributed by atoms with Gasteiger partial charge in [-0.25, -0.2) is 0 Å². The molecule has 0 bridgehead atoms. The van der Waals surface area contributed by atoms with Crippen LogP contribution < -0.4 is 10.1 Å². The Morgan fingerprint density at radius 2 is 1.75 bits per heavy atom. The Morgan fingerprint density at radius 3 is 2.50 bits per heavy atom. The van der Waals surface area contributed by atoms with Gasteiger partial charge in [0.15, 0.2) is 5.82 Å². The van der Waals surface area contributed by atoms with Crippen molar-refractivity contribution in [3.63, 3.8) is 0 Å². The summed E-state index contributed by atoms with van der Waals surface area (Å²) in [5.41, 5.74) is 1.59. The van der Waals surface area contributed by atoms with Gasteiger partial charge in [-0.05, 0) is 36.4 Å². The van der Waals surface area contributed by atoms with Crippen molar-refractivity contribution in [3.05, 3.63) is 92.4 Å². The van der Waals surface area contributed by atoms with Gasteiger partial charge in [-0.3, -0.25) is 4.79 Å². The van der Waals surface area contributed by atoms with Crippen LogP contribution in [0.5, 0.6) is 0 Å². The monoisotopic (exact) mass is 405 g/mol. The summed E-state index contributed by atoms with van der Waals surface area (Å²) >= 11 is 7.21. The Morgan fingerprint density at radius 1 is 0.964 bits per heavy atom. The molecular weight excluding hydrogens is 394 g/mol. The van der Waals surface area contributed by atoms with Gasteiger partial charge in [-0.15, -0.1) is 5.10 Å². The second kappa shape index (κ2) is 6.74. The molecule has 0 aliphatic heterocycles. The standard InChI is InChI=1S/C21H12ClN3O2S/c22-15-8-6-13(7-9-15)17-11-10-16(27-17)12-18-20(26)25-21(28-18)23-19(24-25)14-4-2-1-3-5-14/h1-12H. The molecule has 7 heteroatoms. The summed E-state index contributed by atoms with van der Waals surface area (Å²) in [6.45, 7) is 0. The van der Waals surface area contributed by atoms with Crippen molar-refractivity contribution in [1.29, 1.82) is 0 Å². The SMILES string of the molecule is O=c1c(=Cc2ccc(-c3ccc(Cl)cc3)o2)sc2nc(-c3ccccc3)nn12. The molecular formula is C21H12ClN3O2S. The Hall–Kier alpha value is -3.22. The predicted molar refractivity (Wildman–Crippen MR) is 111 cm³/mol. The number of hydrogen-bond acceptors (Lipinski definition) is 5. The summed E-state index contributed by atoms with van der Waals surface area (Å²) in [7, 11) is 0. The van der Waals surface area contributed by atoms with Gasteiger partial charge in [-0.1, -0.05) is 53.3 Å². The molecule has 0 saturated carbocycles. The molecule has 0 atom stereocenters. The fourth-order valence-corrected chi connectivity index (χ4v) is 3.89. The first kappa shape index (κ1) is 16.9. The molecule has 0 fully saturated rings. The predicted octanol–water partition coefficient (Wildman–Crippen LogP) is 4.28. The maximum atomic E-state index is 12.7.